The molecule has 0 spiro atoms. The fourth-order valence-electron chi connectivity index (χ4n) is 2.65. The van der Waals surface area contributed by atoms with Gasteiger partial charge in [-0.05, 0) is 16.7 Å². The molecular formula is C21H16N2O. The van der Waals surface area contributed by atoms with Gasteiger partial charge in [0.05, 0.1) is 6.42 Å². The first kappa shape index (κ1) is 14.4. The molecule has 3 heteroatoms. The first-order valence-corrected chi connectivity index (χ1v) is 7.91. The molecule has 3 aromatic carbocycles. The molecule has 0 saturated carbocycles. The van der Waals surface area contributed by atoms with Gasteiger partial charge in [0.2, 0.25) is 11.7 Å². The Hall–Kier alpha value is -3.20. The van der Waals surface area contributed by atoms with Gasteiger partial charge in [-0.25, -0.2) is 0 Å². The Morgan fingerprint density at radius 1 is 0.625 bits per heavy atom. The Kier molecular flexibility index (Phi) is 3.90. The molecular weight excluding hydrogens is 296 g/mol. The zero-order chi connectivity index (χ0) is 16.2. The largest absolute Gasteiger partial charge is 0.339 e. The van der Waals surface area contributed by atoms with E-state index in [1.165, 1.54) is 11.1 Å². The molecule has 24 heavy (non-hydrogen) atoms. The lowest BCUT2D eigenvalue weighted by Gasteiger charge is -2.02. The van der Waals surface area contributed by atoms with E-state index in [4.69, 9.17) is 4.52 Å². The number of nitrogens with zero attached hydrogens (tertiary/aromatic N) is 2. The van der Waals surface area contributed by atoms with Crippen LogP contribution in [0.15, 0.2) is 89.5 Å². The number of benzene rings is 3. The molecule has 0 bridgehead atoms. The second kappa shape index (κ2) is 6.50. The highest BCUT2D eigenvalue weighted by atomic mass is 16.5. The van der Waals surface area contributed by atoms with Crippen LogP contribution in [0.25, 0.3) is 22.5 Å². The Bertz CT molecular complexity index is 913. The van der Waals surface area contributed by atoms with Crippen molar-refractivity contribution in [1.29, 1.82) is 0 Å². The summed E-state index contributed by atoms with van der Waals surface area (Å²) in [6.07, 6.45) is 0.634. The highest BCUT2D eigenvalue weighted by molar-refractivity contribution is 5.63. The summed E-state index contributed by atoms with van der Waals surface area (Å²) < 4.78 is 5.38. The van der Waals surface area contributed by atoms with Gasteiger partial charge in [-0.3, -0.25) is 0 Å². The third-order valence-electron chi connectivity index (χ3n) is 3.92. The van der Waals surface area contributed by atoms with Crippen LogP contribution in [0.4, 0.5) is 0 Å². The van der Waals surface area contributed by atoms with Gasteiger partial charge in [0.1, 0.15) is 0 Å². The molecule has 0 unspecified atom stereocenters. The van der Waals surface area contributed by atoms with E-state index in [2.05, 4.69) is 46.5 Å². The first-order chi connectivity index (χ1) is 11.9. The van der Waals surface area contributed by atoms with Gasteiger partial charge >= 0.3 is 0 Å². The third kappa shape index (κ3) is 3.10. The van der Waals surface area contributed by atoms with E-state index in [1.807, 2.05) is 48.5 Å². The van der Waals surface area contributed by atoms with Crippen LogP contribution >= 0.6 is 0 Å². The Labute approximate surface area is 140 Å². The fraction of sp³-hybridized carbons (Fsp3) is 0.0476. The van der Waals surface area contributed by atoms with Gasteiger partial charge < -0.3 is 4.52 Å². The molecule has 4 aromatic rings. The maximum absolute atomic E-state index is 5.38. The standard InChI is InChI=1S/C21H16N2O/c1-3-7-17(8-4-1)18-13-11-16(12-14-18)15-20-22-21(23-24-20)19-9-5-2-6-10-19/h1-14H,15H2. The maximum atomic E-state index is 5.38. The molecule has 0 saturated heterocycles. The lowest BCUT2D eigenvalue weighted by Crippen LogP contribution is -1.89. The van der Waals surface area contributed by atoms with E-state index in [-0.39, 0.29) is 0 Å². The second-order valence-electron chi connectivity index (χ2n) is 5.62. The van der Waals surface area contributed by atoms with E-state index < -0.39 is 0 Å². The van der Waals surface area contributed by atoms with Gasteiger partial charge in [0, 0.05) is 5.56 Å². The molecule has 1 heterocycles. The molecule has 1 aromatic heterocycles. The van der Waals surface area contributed by atoms with Crippen LogP contribution in [0.1, 0.15) is 11.5 Å². The minimum absolute atomic E-state index is 0.626. The van der Waals surface area contributed by atoms with Crippen LogP contribution in [-0.2, 0) is 6.42 Å². The average molecular weight is 312 g/mol. The summed E-state index contributed by atoms with van der Waals surface area (Å²) in [5.74, 6) is 1.26. The minimum Gasteiger partial charge on any atom is -0.339 e. The molecule has 0 N–H and O–H groups in total. The van der Waals surface area contributed by atoms with Crippen molar-refractivity contribution in [3.05, 3.63) is 96.4 Å². The van der Waals surface area contributed by atoms with Crippen molar-refractivity contribution in [2.75, 3.05) is 0 Å². The van der Waals surface area contributed by atoms with Crippen LogP contribution in [0.2, 0.25) is 0 Å². The zero-order valence-electron chi connectivity index (χ0n) is 13.1. The zero-order valence-corrected chi connectivity index (χ0v) is 13.1. The van der Waals surface area contributed by atoms with Crippen LogP contribution in [0.5, 0.6) is 0 Å². The van der Waals surface area contributed by atoms with Crippen LogP contribution in [0, 0.1) is 0 Å². The quantitative estimate of drug-likeness (QED) is 0.532. The van der Waals surface area contributed by atoms with Crippen LogP contribution < -0.4 is 0 Å². The van der Waals surface area contributed by atoms with E-state index in [0.717, 1.165) is 11.1 Å². The monoisotopic (exact) mass is 312 g/mol. The molecule has 0 radical (unpaired) electrons. The Morgan fingerprint density at radius 2 is 1.21 bits per heavy atom. The number of rotatable bonds is 4. The average Bonchev–Trinajstić information content (AvgIpc) is 3.12. The molecule has 0 aliphatic heterocycles. The molecule has 3 nitrogen and oxygen atoms in total. The summed E-state index contributed by atoms with van der Waals surface area (Å²) in [6, 6.07) is 28.7. The fourth-order valence-corrected chi connectivity index (χ4v) is 2.65. The summed E-state index contributed by atoms with van der Waals surface area (Å²) in [4.78, 5) is 4.48. The van der Waals surface area contributed by atoms with E-state index in [9.17, 15) is 0 Å². The van der Waals surface area contributed by atoms with Crippen molar-refractivity contribution < 1.29 is 4.52 Å². The maximum Gasteiger partial charge on any atom is 0.231 e. The number of hydrogen-bond donors (Lipinski definition) is 0. The summed E-state index contributed by atoms with van der Waals surface area (Å²) >= 11 is 0. The smallest absolute Gasteiger partial charge is 0.231 e. The van der Waals surface area contributed by atoms with Crippen molar-refractivity contribution in [2.45, 2.75) is 6.42 Å². The van der Waals surface area contributed by atoms with E-state index >= 15 is 0 Å². The lowest BCUT2D eigenvalue weighted by molar-refractivity contribution is 0.385. The molecule has 0 fully saturated rings. The highest BCUT2D eigenvalue weighted by Crippen LogP contribution is 2.21. The van der Waals surface area contributed by atoms with Crippen LogP contribution in [-0.4, -0.2) is 10.1 Å². The second-order valence-corrected chi connectivity index (χ2v) is 5.62. The molecule has 4 rings (SSSR count). The lowest BCUT2D eigenvalue weighted by atomic mass is 10.0. The van der Waals surface area contributed by atoms with Crippen molar-refractivity contribution in [1.82, 2.24) is 10.1 Å². The van der Waals surface area contributed by atoms with Crippen molar-refractivity contribution >= 4 is 0 Å². The van der Waals surface area contributed by atoms with Gasteiger partial charge in [-0.2, -0.15) is 4.98 Å². The minimum atomic E-state index is 0.626. The third-order valence-corrected chi connectivity index (χ3v) is 3.92. The summed E-state index contributed by atoms with van der Waals surface area (Å²) in [7, 11) is 0. The number of hydrogen-bond acceptors (Lipinski definition) is 3. The molecule has 0 atom stereocenters. The van der Waals surface area contributed by atoms with Gasteiger partial charge in [-0.1, -0.05) is 90.1 Å². The highest BCUT2D eigenvalue weighted by Gasteiger charge is 2.09. The Balaban J connectivity index is 1.51. The van der Waals surface area contributed by atoms with E-state index in [0.29, 0.717) is 18.1 Å². The summed E-state index contributed by atoms with van der Waals surface area (Å²) in [6.45, 7) is 0. The Morgan fingerprint density at radius 3 is 1.88 bits per heavy atom. The molecule has 0 amide bonds. The van der Waals surface area contributed by atoms with Crippen LogP contribution in [0.3, 0.4) is 0 Å². The normalized spacial score (nSPS) is 10.7. The molecule has 0 aliphatic rings. The molecule has 116 valence electrons. The van der Waals surface area contributed by atoms with E-state index in [1.54, 1.807) is 0 Å². The predicted molar refractivity (Wildman–Crippen MR) is 94.4 cm³/mol. The van der Waals surface area contributed by atoms with Gasteiger partial charge in [0.15, 0.2) is 0 Å². The summed E-state index contributed by atoms with van der Waals surface area (Å²) in [5, 5.41) is 4.06. The van der Waals surface area contributed by atoms with Gasteiger partial charge in [0.25, 0.3) is 0 Å². The van der Waals surface area contributed by atoms with Crippen molar-refractivity contribution in [3.8, 4) is 22.5 Å². The SMILES string of the molecule is c1ccc(-c2ccc(Cc3nc(-c4ccccc4)no3)cc2)cc1. The van der Waals surface area contributed by atoms with Crippen molar-refractivity contribution in [2.24, 2.45) is 0 Å². The predicted octanol–water partition coefficient (Wildman–Crippen LogP) is 4.99. The van der Waals surface area contributed by atoms with Crippen molar-refractivity contribution in [3.63, 3.8) is 0 Å². The number of aromatic nitrogens is 2. The van der Waals surface area contributed by atoms with Gasteiger partial charge in [-0.15, -0.1) is 0 Å². The molecule has 0 aliphatic carbocycles. The first-order valence-electron chi connectivity index (χ1n) is 7.91. The topological polar surface area (TPSA) is 38.9 Å². The summed E-state index contributed by atoms with van der Waals surface area (Å²) in [5.41, 5.74) is 4.54.